The second-order valence-electron chi connectivity index (χ2n) is 5.53. The van der Waals surface area contributed by atoms with Crippen molar-refractivity contribution < 1.29 is 14.6 Å². The van der Waals surface area contributed by atoms with Crippen molar-refractivity contribution in [3.63, 3.8) is 0 Å². The van der Waals surface area contributed by atoms with Crippen molar-refractivity contribution in [3.05, 3.63) is 46.1 Å². The summed E-state index contributed by atoms with van der Waals surface area (Å²) in [6.45, 7) is 4.47. The van der Waals surface area contributed by atoms with Crippen LogP contribution < -0.4 is 10.4 Å². The molecule has 0 aliphatic rings. The first-order chi connectivity index (χ1) is 10.8. The van der Waals surface area contributed by atoms with Gasteiger partial charge < -0.3 is 9.84 Å². The lowest BCUT2D eigenvalue weighted by atomic mass is 10.2. The Hall–Kier alpha value is -3.01. The molecule has 0 aliphatic carbocycles. The van der Waals surface area contributed by atoms with E-state index in [1.807, 2.05) is 19.9 Å². The second kappa shape index (κ2) is 6.40. The monoisotopic (exact) mass is 315 g/mol. The number of aromatic nitrogens is 2. The number of carboxylic acids is 1. The highest BCUT2D eigenvalue weighted by Crippen LogP contribution is 2.22. The quantitative estimate of drug-likeness (QED) is 0.907. The van der Waals surface area contributed by atoms with Crippen LogP contribution in [0.5, 0.6) is 5.75 Å². The molecule has 0 saturated carbocycles. The fraction of sp³-hybridized carbons (Fsp3) is 0.312. The van der Waals surface area contributed by atoms with Crippen molar-refractivity contribution in [1.29, 1.82) is 5.26 Å². The van der Waals surface area contributed by atoms with Gasteiger partial charge in [-0.05, 0) is 24.1 Å². The minimum atomic E-state index is -1.19. The van der Waals surface area contributed by atoms with E-state index in [2.05, 4.69) is 0 Å². The van der Waals surface area contributed by atoms with E-state index in [-0.39, 0.29) is 11.3 Å². The standard InChI is InChI=1S/C16H17N3O4/c1-10(2)9-23-14-5-4-12(6-11(14)7-17)19-8-13(15(20)21)18(3)16(19)22/h4-6,8,10H,9H2,1-3H3,(H,20,21). The van der Waals surface area contributed by atoms with Gasteiger partial charge >= 0.3 is 11.7 Å². The summed E-state index contributed by atoms with van der Waals surface area (Å²) < 4.78 is 7.80. The third kappa shape index (κ3) is 3.26. The van der Waals surface area contributed by atoms with E-state index in [9.17, 15) is 14.9 Å². The van der Waals surface area contributed by atoms with E-state index in [0.717, 1.165) is 4.57 Å². The van der Waals surface area contributed by atoms with Gasteiger partial charge in [-0.1, -0.05) is 13.8 Å². The van der Waals surface area contributed by atoms with E-state index in [1.165, 1.54) is 23.9 Å². The number of rotatable bonds is 5. The smallest absolute Gasteiger partial charge is 0.354 e. The van der Waals surface area contributed by atoms with Crippen LogP contribution in [-0.4, -0.2) is 26.8 Å². The molecular formula is C16H17N3O4. The molecule has 1 aromatic carbocycles. The van der Waals surface area contributed by atoms with Crippen LogP contribution in [0.25, 0.3) is 5.69 Å². The molecule has 23 heavy (non-hydrogen) atoms. The summed E-state index contributed by atoms with van der Waals surface area (Å²) in [5, 5.41) is 18.3. The number of nitriles is 1. The number of benzene rings is 1. The topological polar surface area (TPSA) is 97.2 Å². The van der Waals surface area contributed by atoms with Crippen molar-refractivity contribution in [3.8, 4) is 17.5 Å². The van der Waals surface area contributed by atoms with Gasteiger partial charge in [0.05, 0.1) is 17.9 Å². The van der Waals surface area contributed by atoms with Crippen molar-refractivity contribution in [2.45, 2.75) is 13.8 Å². The van der Waals surface area contributed by atoms with E-state index in [1.54, 1.807) is 12.1 Å². The molecule has 7 heteroatoms. The summed E-state index contributed by atoms with van der Waals surface area (Å²) in [4.78, 5) is 23.2. The minimum absolute atomic E-state index is 0.131. The average molecular weight is 315 g/mol. The summed E-state index contributed by atoms with van der Waals surface area (Å²) in [7, 11) is 1.38. The number of carbonyl (C=O) groups is 1. The molecule has 0 unspecified atom stereocenters. The van der Waals surface area contributed by atoms with E-state index < -0.39 is 11.7 Å². The molecule has 0 atom stereocenters. The van der Waals surface area contributed by atoms with Gasteiger partial charge in [-0.3, -0.25) is 9.13 Å². The van der Waals surface area contributed by atoms with Gasteiger partial charge in [0.2, 0.25) is 0 Å². The molecule has 1 heterocycles. The molecule has 1 aromatic heterocycles. The number of carboxylic acid groups (broad SMARTS) is 1. The Morgan fingerprint density at radius 3 is 2.65 bits per heavy atom. The maximum atomic E-state index is 12.1. The van der Waals surface area contributed by atoms with Crippen molar-refractivity contribution in [2.75, 3.05) is 6.61 Å². The maximum absolute atomic E-state index is 12.1. The van der Waals surface area contributed by atoms with Gasteiger partial charge in [-0.2, -0.15) is 5.26 Å². The molecule has 0 radical (unpaired) electrons. The molecule has 0 fully saturated rings. The molecular weight excluding hydrogens is 298 g/mol. The zero-order chi connectivity index (χ0) is 17.1. The normalized spacial score (nSPS) is 10.6. The number of imidazole rings is 1. The number of nitrogens with zero attached hydrogens (tertiary/aromatic N) is 3. The summed E-state index contributed by atoms with van der Waals surface area (Å²) in [5.41, 5.74) is 0.0677. The predicted octanol–water partition coefficient (Wildman–Crippen LogP) is 1.78. The lowest BCUT2D eigenvalue weighted by molar-refractivity contribution is 0.0686. The Bertz CT molecular complexity index is 840. The first-order valence-corrected chi connectivity index (χ1v) is 7.04. The molecule has 2 rings (SSSR count). The second-order valence-corrected chi connectivity index (χ2v) is 5.53. The van der Waals surface area contributed by atoms with Gasteiger partial charge in [0.15, 0.2) is 0 Å². The molecule has 0 amide bonds. The zero-order valence-corrected chi connectivity index (χ0v) is 13.1. The van der Waals surface area contributed by atoms with Crippen LogP contribution >= 0.6 is 0 Å². The Morgan fingerprint density at radius 1 is 1.43 bits per heavy atom. The number of hydrogen-bond donors (Lipinski definition) is 1. The van der Waals surface area contributed by atoms with Gasteiger partial charge in [0.1, 0.15) is 17.5 Å². The molecule has 2 aromatic rings. The SMILES string of the molecule is CC(C)COc1ccc(-n2cc(C(=O)O)n(C)c2=O)cc1C#N. The third-order valence-electron chi connectivity index (χ3n) is 3.26. The molecule has 1 N–H and O–H groups in total. The minimum Gasteiger partial charge on any atom is -0.492 e. The number of ether oxygens (including phenoxy) is 1. The van der Waals surface area contributed by atoms with E-state index in [4.69, 9.17) is 9.84 Å². The largest absolute Gasteiger partial charge is 0.492 e. The van der Waals surface area contributed by atoms with Gasteiger partial charge in [0.25, 0.3) is 0 Å². The Balaban J connectivity index is 2.46. The Labute approximate surface area is 133 Å². The van der Waals surface area contributed by atoms with Crippen LogP contribution in [0.15, 0.2) is 29.2 Å². The highest BCUT2D eigenvalue weighted by atomic mass is 16.5. The summed E-state index contributed by atoms with van der Waals surface area (Å²) >= 11 is 0. The molecule has 0 aliphatic heterocycles. The van der Waals surface area contributed by atoms with Crippen LogP contribution in [0.1, 0.15) is 29.9 Å². The molecule has 0 saturated heterocycles. The first kappa shape index (κ1) is 16.4. The van der Waals surface area contributed by atoms with Crippen LogP contribution in [0.3, 0.4) is 0 Å². The fourth-order valence-corrected chi connectivity index (χ4v) is 2.05. The third-order valence-corrected chi connectivity index (χ3v) is 3.26. The van der Waals surface area contributed by atoms with E-state index >= 15 is 0 Å². The van der Waals surface area contributed by atoms with Crippen LogP contribution in [0.4, 0.5) is 0 Å². The van der Waals surface area contributed by atoms with Crippen molar-refractivity contribution >= 4 is 5.97 Å². The molecule has 7 nitrogen and oxygen atoms in total. The van der Waals surface area contributed by atoms with Crippen LogP contribution in [-0.2, 0) is 7.05 Å². The Morgan fingerprint density at radius 2 is 2.13 bits per heavy atom. The Kier molecular flexibility index (Phi) is 4.55. The summed E-state index contributed by atoms with van der Waals surface area (Å²) in [6.07, 6.45) is 1.23. The predicted molar refractivity (Wildman–Crippen MR) is 83.0 cm³/mol. The van der Waals surface area contributed by atoms with Gasteiger partial charge in [0, 0.05) is 13.2 Å². The zero-order valence-electron chi connectivity index (χ0n) is 13.1. The lowest BCUT2D eigenvalue weighted by Gasteiger charge is -2.11. The van der Waals surface area contributed by atoms with Crippen LogP contribution in [0.2, 0.25) is 0 Å². The summed E-state index contributed by atoms with van der Waals surface area (Å²) in [5.74, 6) is -0.441. The lowest BCUT2D eigenvalue weighted by Crippen LogP contribution is -2.22. The van der Waals surface area contributed by atoms with Gasteiger partial charge in [-0.15, -0.1) is 0 Å². The van der Waals surface area contributed by atoms with Crippen LogP contribution in [0, 0.1) is 17.2 Å². The summed E-state index contributed by atoms with van der Waals surface area (Å²) in [6, 6.07) is 6.75. The first-order valence-electron chi connectivity index (χ1n) is 7.04. The van der Waals surface area contributed by atoms with Crippen molar-refractivity contribution in [1.82, 2.24) is 9.13 Å². The number of aromatic carboxylic acids is 1. The van der Waals surface area contributed by atoms with E-state index in [0.29, 0.717) is 24.0 Å². The highest BCUT2D eigenvalue weighted by Gasteiger charge is 2.16. The molecule has 120 valence electrons. The average Bonchev–Trinajstić information content (AvgIpc) is 2.81. The molecule has 0 spiro atoms. The maximum Gasteiger partial charge on any atom is 0.354 e. The van der Waals surface area contributed by atoms with Gasteiger partial charge in [-0.25, -0.2) is 9.59 Å². The number of hydrogen-bond acceptors (Lipinski definition) is 4. The highest BCUT2D eigenvalue weighted by molar-refractivity contribution is 5.85. The molecule has 0 bridgehead atoms. The van der Waals surface area contributed by atoms with Crippen molar-refractivity contribution in [2.24, 2.45) is 13.0 Å². The fourth-order valence-electron chi connectivity index (χ4n) is 2.05.